The molecule has 0 bridgehead atoms. The summed E-state index contributed by atoms with van der Waals surface area (Å²) in [6.07, 6.45) is 4.07. The molecule has 5 nitrogen and oxygen atoms in total. The van der Waals surface area contributed by atoms with Crippen LogP contribution in [0.1, 0.15) is 35.3 Å². The molecule has 1 amide bonds. The van der Waals surface area contributed by atoms with Gasteiger partial charge in [0, 0.05) is 25.7 Å². The minimum absolute atomic E-state index is 0.119. The lowest BCUT2D eigenvalue weighted by atomic mass is 10.1. The van der Waals surface area contributed by atoms with Gasteiger partial charge in [0.1, 0.15) is 11.8 Å². The number of nitrogens with zero attached hydrogens (tertiary/aromatic N) is 2. The number of aromatic amines is 1. The number of aliphatic hydroxyl groups is 1. The van der Waals surface area contributed by atoms with Gasteiger partial charge in [-0.15, -0.1) is 0 Å². The predicted octanol–water partition coefficient (Wildman–Crippen LogP) is 1.12. The molecule has 5 heteroatoms. The first-order valence-electron chi connectivity index (χ1n) is 6.14. The molecule has 1 aromatic rings. The zero-order chi connectivity index (χ0) is 13.1. The minimum Gasteiger partial charge on any atom is -0.393 e. The zero-order valence-electron chi connectivity index (χ0n) is 10.4. The number of carbonyl (C=O) groups is 1. The predicted molar refractivity (Wildman–Crippen MR) is 65.8 cm³/mol. The third-order valence-corrected chi connectivity index (χ3v) is 3.52. The van der Waals surface area contributed by atoms with Gasteiger partial charge in [0.05, 0.1) is 11.7 Å². The lowest BCUT2D eigenvalue weighted by Crippen LogP contribution is -2.34. The summed E-state index contributed by atoms with van der Waals surface area (Å²) in [7, 11) is 1.73. The van der Waals surface area contributed by atoms with Crippen molar-refractivity contribution in [1.29, 1.82) is 5.26 Å². The van der Waals surface area contributed by atoms with E-state index in [9.17, 15) is 9.90 Å². The van der Waals surface area contributed by atoms with Crippen LogP contribution in [0.3, 0.4) is 0 Å². The highest BCUT2D eigenvalue weighted by molar-refractivity contribution is 5.94. The Labute approximate surface area is 106 Å². The van der Waals surface area contributed by atoms with Crippen molar-refractivity contribution < 1.29 is 9.90 Å². The molecule has 1 aromatic heterocycles. The first-order valence-corrected chi connectivity index (χ1v) is 6.14. The molecule has 2 atom stereocenters. The van der Waals surface area contributed by atoms with Crippen LogP contribution in [-0.2, 0) is 0 Å². The monoisotopic (exact) mass is 247 g/mol. The second-order valence-electron chi connectivity index (χ2n) is 4.86. The number of nitrogens with one attached hydrogen (secondary N) is 1. The van der Waals surface area contributed by atoms with Crippen LogP contribution in [0.5, 0.6) is 0 Å². The number of aromatic nitrogens is 1. The van der Waals surface area contributed by atoms with E-state index >= 15 is 0 Å². The zero-order valence-corrected chi connectivity index (χ0v) is 10.4. The van der Waals surface area contributed by atoms with Gasteiger partial charge in [-0.2, -0.15) is 5.26 Å². The van der Waals surface area contributed by atoms with E-state index in [1.165, 1.54) is 0 Å². The molecule has 0 spiro atoms. The quantitative estimate of drug-likeness (QED) is 0.840. The van der Waals surface area contributed by atoms with Crippen LogP contribution >= 0.6 is 0 Å². The summed E-state index contributed by atoms with van der Waals surface area (Å²) in [5.74, 6) is 0.0557. The standard InChI is InChI=1S/C13H17N3O2/c1-16(8-9-3-2-4-12(9)17)13(18)10-5-11(6-14)15-7-10/h5,7,9,12,15,17H,2-4,8H2,1H3. The van der Waals surface area contributed by atoms with Crippen LogP contribution in [0.2, 0.25) is 0 Å². The maximum absolute atomic E-state index is 12.1. The summed E-state index contributed by atoms with van der Waals surface area (Å²) >= 11 is 0. The molecular weight excluding hydrogens is 230 g/mol. The smallest absolute Gasteiger partial charge is 0.255 e. The average Bonchev–Trinajstić information content (AvgIpc) is 2.98. The van der Waals surface area contributed by atoms with Gasteiger partial charge < -0.3 is 15.0 Å². The van der Waals surface area contributed by atoms with Crippen molar-refractivity contribution in [1.82, 2.24) is 9.88 Å². The summed E-state index contributed by atoms with van der Waals surface area (Å²) in [6.45, 7) is 0.563. The molecule has 1 aliphatic carbocycles. The number of hydrogen-bond donors (Lipinski definition) is 2. The fourth-order valence-electron chi connectivity index (χ4n) is 2.47. The van der Waals surface area contributed by atoms with E-state index in [4.69, 9.17) is 5.26 Å². The Morgan fingerprint density at radius 3 is 3.00 bits per heavy atom. The van der Waals surface area contributed by atoms with E-state index < -0.39 is 0 Å². The van der Waals surface area contributed by atoms with Crippen LogP contribution in [0.25, 0.3) is 0 Å². The van der Waals surface area contributed by atoms with E-state index in [1.54, 1.807) is 24.2 Å². The van der Waals surface area contributed by atoms with Crippen molar-refractivity contribution in [3.63, 3.8) is 0 Å². The Bertz CT molecular complexity index is 475. The SMILES string of the molecule is CN(CC1CCCC1O)C(=O)c1c[nH]c(C#N)c1. The Morgan fingerprint density at radius 2 is 2.44 bits per heavy atom. The molecule has 96 valence electrons. The first kappa shape index (κ1) is 12.7. The van der Waals surface area contributed by atoms with Gasteiger partial charge in [0.25, 0.3) is 5.91 Å². The van der Waals surface area contributed by atoms with E-state index in [0.29, 0.717) is 17.8 Å². The molecule has 18 heavy (non-hydrogen) atoms. The van der Waals surface area contributed by atoms with Gasteiger partial charge in [0.2, 0.25) is 0 Å². The summed E-state index contributed by atoms with van der Waals surface area (Å²) in [4.78, 5) is 16.4. The van der Waals surface area contributed by atoms with Crippen LogP contribution in [0.4, 0.5) is 0 Å². The van der Waals surface area contributed by atoms with Crippen molar-refractivity contribution in [2.24, 2.45) is 5.92 Å². The number of carbonyl (C=O) groups excluding carboxylic acids is 1. The van der Waals surface area contributed by atoms with Crippen LogP contribution in [0, 0.1) is 17.2 Å². The van der Waals surface area contributed by atoms with Crippen LogP contribution in [0.15, 0.2) is 12.3 Å². The molecule has 0 radical (unpaired) electrons. The third kappa shape index (κ3) is 2.54. The van der Waals surface area contributed by atoms with Crippen molar-refractivity contribution in [3.8, 4) is 6.07 Å². The number of hydrogen-bond acceptors (Lipinski definition) is 3. The molecule has 1 heterocycles. The molecule has 2 unspecified atom stereocenters. The van der Waals surface area contributed by atoms with Gasteiger partial charge in [-0.1, -0.05) is 6.42 Å². The topological polar surface area (TPSA) is 80.1 Å². The van der Waals surface area contributed by atoms with Gasteiger partial charge in [-0.05, 0) is 18.9 Å². The number of amides is 1. The number of nitriles is 1. The number of rotatable bonds is 3. The van der Waals surface area contributed by atoms with E-state index in [0.717, 1.165) is 19.3 Å². The van der Waals surface area contributed by atoms with Crippen molar-refractivity contribution in [2.45, 2.75) is 25.4 Å². The minimum atomic E-state index is -0.291. The van der Waals surface area contributed by atoms with Gasteiger partial charge in [0.15, 0.2) is 0 Å². The molecular formula is C13H17N3O2. The average molecular weight is 247 g/mol. The van der Waals surface area contributed by atoms with Crippen molar-refractivity contribution >= 4 is 5.91 Å². The summed E-state index contributed by atoms with van der Waals surface area (Å²) in [5, 5.41) is 18.4. The van der Waals surface area contributed by atoms with Crippen LogP contribution in [-0.4, -0.2) is 40.6 Å². The molecule has 1 aliphatic rings. The highest BCUT2D eigenvalue weighted by Gasteiger charge is 2.27. The molecule has 2 N–H and O–H groups in total. The lowest BCUT2D eigenvalue weighted by Gasteiger charge is -2.22. The molecule has 0 aliphatic heterocycles. The Morgan fingerprint density at radius 1 is 1.67 bits per heavy atom. The molecule has 1 fully saturated rings. The second kappa shape index (κ2) is 5.23. The Balaban J connectivity index is 1.98. The highest BCUT2D eigenvalue weighted by atomic mass is 16.3. The second-order valence-corrected chi connectivity index (χ2v) is 4.86. The largest absolute Gasteiger partial charge is 0.393 e. The van der Waals surface area contributed by atoms with Crippen LogP contribution < -0.4 is 0 Å². The number of aliphatic hydroxyl groups excluding tert-OH is 1. The summed E-state index contributed by atoms with van der Waals surface area (Å²) in [6, 6.07) is 3.50. The molecule has 2 rings (SSSR count). The maximum Gasteiger partial charge on any atom is 0.255 e. The summed E-state index contributed by atoms with van der Waals surface area (Å²) in [5.41, 5.74) is 0.870. The highest BCUT2D eigenvalue weighted by Crippen LogP contribution is 2.26. The molecule has 1 saturated carbocycles. The lowest BCUT2D eigenvalue weighted by molar-refractivity contribution is 0.0693. The van der Waals surface area contributed by atoms with Gasteiger partial charge in [-0.25, -0.2) is 0 Å². The van der Waals surface area contributed by atoms with E-state index in [-0.39, 0.29) is 17.9 Å². The fourth-order valence-corrected chi connectivity index (χ4v) is 2.47. The van der Waals surface area contributed by atoms with Gasteiger partial charge in [-0.3, -0.25) is 4.79 Å². The normalized spacial score (nSPS) is 22.7. The Kier molecular flexibility index (Phi) is 3.68. The molecule has 0 aromatic carbocycles. The third-order valence-electron chi connectivity index (χ3n) is 3.52. The summed E-state index contributed by atoms with van der Waals surface area (Å²) < 4.78 is 0. The fraction of sp³-hybridized carbons (Fsp3) is 0.538. The van der Waals surface area contributed by atoms with E-state index in [1.807, 2.05) is 6.07 Å². The van der Waals surface area contributed by atoms with E-state index in [2.05, 4.69) is 4.98 Å². The Hall–Kier alpha value is -1.80. The number of H-pyrrole nitrogens is 1. The first-order chi connectivity index (χ1) is 8.61. The van der Waals surface area contributed by atoms with Crippen molar-refractivity contribution in [3.05, 3.63) is 23.5 Å². The molecule has 0 saturated heterocycles. The van der Waals surface area contributed by atoms with Crippen molar-refractivity contribution in [2.75, 3.05) is 13.6 Å². The van der Waals surface area contributed by atoms with Gasteiger partial charge >= 0.3 is 0 Å². The maximum atomic E-state index is 12.1.